The topological polar surface area (TPSA) is 120 Å². The number of anilines is 1. The van der Waals surface area contributed by atoms with Crippen LogP contribution in [0.2, 0.25) is 5.02 Å². The Kier molecular flexibility index (Phi) is 7.87. The third-order valence-corrected chi connectivity index (χ3v) is 7.93. The second kappa shape index (κ2) is 10.6. The average molecular weight is 580 g/mol. The van der Waals surface area contributed by atoms with Gasteiger partial charge in [-0.3, -0.25) is 19.7 Å². The van der Waals surface area contributed by atoms with Gasteiger partial charge in [-0.1, -0.05) is 23.7 Å². The van der Waals surface area contributed by atoms with Crippen LogP contribution in [0.5, 0.6) is 5.75 Å². The molecule has 0 atom stereocenters. The number of methoxy groups -OCH3 is 1. The van der Waals surface area contributed by atoms with E-state index in [-0.39, 0.29) is 51.7 Å². The van der Waals surface area contributed by atoms with Gasteiger partial charge in [-0.25, -0.2) is 12.7 Å². The number of halogens is 1. The number of nitro benzene ring substituents is 1. The van der Waals surface area contributed by atoms with Crippen molar-refractivity contribution in [1.82, 2.24) is 14.7 Å². The molecule has 1 fully saturated rings. The van der Waals surface area contributed by atoms with Gasteiger partial charge in [-0.05, 0) is 51.5 Å². The Hall–Kier alpha value is -2.93. The molecule has 0 aliphatic carbocycles. The number of nitrogens with zero attached hydrogens (tertiary/aromatic N) is 5. The zero-order chi connectivity index (χ0) is 28.8. The fourth-order valence-electron chi connectivity index (χ4n) is 5.31. The fraction of sp³-hybridized carbons (Fsp3) is 0.500. The highest BCUT2D eigenvalue weighted by molar-refractivity contribution is 7.92. The van der Waals surface area contributed by atoms with Crippen LogP contribution in [0, 0.1) is 10.1 Å². The van der Waals surface area contributed by atoms with E-state index < -0.39 is 14.9 Å². The summed E-state index contributed by atoms with van der Waals surface area (Å²) in [6.07, 6.45) is 1.07. The minimum Gasteiger partial charge on any atom is -0.497 e. The fourth-order valence-corrected chi connectivity index (χ4v) is 6.38. The first-order chi connectivity index (χ1) is 18.1. The molecule has 13 heteroatoms. The molecule has 0 amide bonds. The number of fused-ring (bicyclic) bond motifs is 1. The largest absolute Gasteiger partial charge is 0.497 e. The zero-order valence-electron chi connectivity index (χ0n) is 23.0. The Bertz CT molecular complexity index is 1470. The molecular formula is C26H34ClN5O6S. The van der Waals surface area contributed by atoms with Crippen LogP contribution in [0.25, 0.3) is 10.9 Å². The summed E-state index contributed by atoms with van der Waals surface area (Å²) < 4.78 is 40.1. The van der Waals surface area contributed by atoms with Crippen LogP contribution in [-0.2, 0) is 27.8 Å². The van der Waals surface area contributed by atoms with Crippen molar-refractivity contribution < 1.29 is 22.8 Å². The maximum Gasteiger partial charge on any atom is 0.295 e. The summed E-state index contributed by atoms with van der Waals surface area (Å²) in [7, 11) is -2.31. The molecule has 0 bridgehead atoms. The normalized spacial score (nSPS) is 17.3. The van der Waals surface area contributed by atoms with Gasteiger partial charge >= 0.3 is 0 Å². The summed E-state index contributed by atoms with van der Waals surface area (Å²) in [6.45, 7) is 10.2. The van der Waals surface area contributed by atoms with Gasteiger partial charge < -0.3 is 9.47 Å². The van der Waals surface area contributed by atoms with Crippen molar-refractivity contribution in [2.45, 2.75) is 52.0 Å². The van der Waals surface area contributed by atoms with Crippen LogP contribution in [0.4, 0.5) is 11.5 Å². The van der Waals surface area contributed by atoms with E-state index in [0.29, 0.717) is 30.9 Å². The van der Waals surface area contributed by atoms with E-state index in [1.165, 1.54) is 16.8 Å². The van der Waals surface area contributed by atoms with Crippen molar-refractivity contribution in [2.24, 2.45) is 0 Å². The Balaban J connectivity index is 1.79. The van der Waals surface area contributed by atoms with Crippen molar-refractivity contribution in [3.8, 4) is 5.75 Å². The molecule has 11 nitrogen and oxygen atoms in total. The molecule has 212 valence electrons. The molecule has 1 aliphatic rings. The Morgan fingerprint density at radius 3 is 2.26 bits per heavy atom. The number of morpholine rings is 1. The second-order valence-electron chi connectivity index (χ2n) is 11.0. The first-order valence-corrected chi connectivity index (χ1v) is 14.7. The highest BCUT2D eigenvalue weighted by Crippen LogP contribution is 2.39. The van der Waals surface area contributed by atoms with Crippen LogP contribution in [0.15, 0.2) is 36.4 Å². The summed E-state index contributed by atoms with van der Waals surface area (Å²) in [5.41, 5.74) is -0.0886. The molecule has 0 unspecified atom stereocenters. The van der Waals surface area contributed by atoms with Crippen LogP contribution >= 0.6 is 11.6 Å². The third-order valence-electron chi connectivity index (χ3n) is 6.51. The Morgan fingerprint density at radius 2 is 1.72 bits per heavy atom. The van der Waals surface area contributed by atoms with Gasteiger partial charge in [0, 0.05) is 25.7 Å². The summed E-state index contributed by atoms with van der Waals surface area (Å²) >= 11 is 6.57. The first-order valence-electron chi connectivity index (χ1n) is 12.5. The molecular weight excluding hydrogens is 546 g/mol. The number of nitro groups is 1. The quantitative estimate of drug-likeness (QED) is 0.269. The molecule has 1 aromatic heterocycles. The Morgan fingerprint density at radius 1 is 1.10 bits per heavy atom. The van der Waals surface area contributed by atoms with Crippen molar-refractivity contribution >= 4 is 44.0 Å². The smallest absolute Gasteiger partial charge is 0.295 e. The molecule has 3 aromatic rings. The highest BCUT2D eigenvalue weighted by atomic mass is 35.5. The number of benzene rings is 2. The van der Waals surface area contributed by atoms with E-state index in [9.17, 15) is 18.5 Å². The predicted octanol–water partition coefficient (Wildman–Crippen LogP) is 4.46. The lowest BCUT2D eigenvalue weighted by molar-refractivity contribution is -0.383. The number of sulfonamides is 1. The van der Waals surface area contributed by atoms with Gasteiger partial charge in [0.25, 0.3) is 5.69 Å². The minimum atomic E-state index is -3.86. The molecule has 0 radical (unpaired) electrons. The number of non-ortho nitro benzene ring substituents is 1. The van der Waals surface area contributed by atoms with Gasteiger partial charge in [-0.2, -0.15) is 5.10 Å². The summed E-state index contributed by atoms with van der Waals surface area (Å²) in [4.78, 5) is 13.7. The number of rotatable bonds is 9. The van der Waals surface area contributed by atoms with Crippen LogP contribution in [-0.4, -0.2) is 72.2 Å². The van der Waals surface area contributed by atoms with E-state index in [2.05, 4.69) is 10.00 Å². The van der Waals surface area contributed by atoms with E-state index in [1.54, 1.807) is 31.4 Å². The van der Waals surface area contributed by atoms with Crippen molar-refractivity contribution in [3.63, 3.8) is 0 Å². The molecule has 0 N–H and O–H groups in total. The van der Waals surface area contributed by atoms with E-state index in [1.807, 2.05) is 27.7 Å². The van der Waals surface area contributed by atoms with Crippen LogP contribution in [0.1, 0.15) is 33.3 Å². The zero-order valence-corrected chi connectivity index (χ0v) is 24.5. The van der Waals surface area contributed by atoms with Crippen molar-refractivity contribution in [2.75, 3.05) is 37.3 Å². The van der Waals surface area contributed by atoms with Crippen molar-refractivity contribution in [1.29, 1.82) is 0 Å². The second-order valence-corrected chi connectivity index (χ2v) is 13.4. The third kappa shape index (κ3) is 6.46. The molecule has 4 rings (SSSR count). The lowest BCUT2D eigenvalue weighted by Crippen LogP contribution is -2.57. The van der Waals surface area contributed by atoms with Gasteiger partial charge in [0.15, 0.2) is 5.82 Å². The van der Waals surface area contributed by atoms with E-state index >= 15 is 0 Å². The first kappa shape index (κ1) is 29.1. The molecule has 0 spiro atoms. The van der Waals surface area contributed by atoms with E-state index in [4.69, 9.17) is 21.1 Å². The van der Waals surface area contributed by atoms with Crippen LogP contribution < -0.4 is 9.04 Å². The van der Waals surface area contributed by atoms with Gasteiger partial charge in [0.2, 0.25) is 10.0 Å². The van der Waals surface area contributed by atoms with Crippen LogP contribution in [0.3, 0.4) is 0 Å². The summed E-state index contributed by atoms with van der Waals surface area (Å²) in [5.74, 6) is 0.673. The lowest BCUT2D eigenvalue weighted by atomic mass is 9.99. The Labute approximate surface area is 233 Å². The molecule has 1 saturated heterocycles. The average Bonchev–Trinajstić information content (AvgIpc) is 3.18. The van der Waals surface area contributed by atoms with Crippen molar-refractivity contribution in [3.05, 3.63) is 57.1 Å². The molecule has 1 aliphatic heterocycles. The lowest BCUT2D eigenvalue weighted by Gasteiger charge is -2.47. The van der Waals surface area contributed by atoms with Gasteiger partial charge in [0.1, 0.15) is 11.3 Å². The molecule has 2 heterocycles. The van der Waals surface area contributed by atoms with Gasteiger partial charge in [0.05, 0.1) is 53.0 Å². The standard InChI is InChI=1S/C26H34ClN5O6S/c1-25(2)16-29(17-26(3,4)38-25)13-14-30-23-21(32(33)34)12-11-20(27)22(23)24(28-30)31(39(6,35)36)15-18-7-9-19(37-5)10-8-18/h7-12H,13-17H2,1-6H3. The minimum absolute atomic E-state index is 0.0413. The molecule has 39 heavy (non-hydrogen) atoms. The molecule has 2 aromatic carbocycles. The predicted molar refractivity (Wildman–Crippen MR) is 151 cm³/mol. The number of ether oxygens (including phenoxy) is 2. The van der Waals surface area contributed by atoms with Gasteiger partial charge in [-0.15, -0.1) is 0 Å². The maximum atomic E-state index is 13.0. The summed E-state index contributed by atoms with van der Waals surface area (Å²) in [6, 6.07) is 9.69. The molecule has 0 saturated carbocycles. The van der Waals surface area contributed by atoms with E-state index in [0.717, 1.165) is 10.6 Å². The monoisotopic (exact) mass is 579 g/mol. The summed E-state index contributed by atoms with van der Waals surface area (Å²) in [5, 5.41) is 17.1. The number of hydrogen-bond acceptors (Lipinski definition) is 8. The SMILES string of the molecule is COc1ccc(CN(c2nn(CCN3CC(C)(C)OC(C)(C)C3)c3c([N+](=O)[O-])ccc(Cl)c23)S(C)(=O)=O)cc1. The number of aromatic nitrogens is 2. The number of hydrogen-bond donors (Lipinski definition) is 0. The maximum absolute atomic E-state index is 13.0. The highest BCUT2D eigenvalue weighted by Gasteiger charge is 2.38.